The van der Waals surface area contributed by atoms with Crippen molar-refractivity contribution < 1.29 is 14.6 Å². The van der Waals surface area contributed by atoms with Gasteiger partial charge in [0.1, 0.15) is 26.9 Å². The summed E-state index contributed by atoms with van der Waals surface area (Å²) in [6.45, 7) is 0. The lowest BCUT2D eigenvalue weighted by atomic mass is 10.1. The van der Waals surface area contributed by atoms with Crippen molar-refractivity contribution in [3.63, 3.8) is 0 Å². The normalized spacial score (nSPS) is 12.2. The third-order valence-electron chi connectivity index (χ3n) is 2.47. The lowest BCUT2D eigenvalue weighted by Crippen LogP contribution is -2.04. The lowest BCUT2D eigenvalue weighted by molar-refractivity contribution is 0.208. The molecule has 96 valence electrons. The number of nitrogens with zero attached hydrogens (tertiary/aromatic N) is 1. The van der Waals surface area contributed by atoms with Gasteiger partial charge >= 0.3 is 0 Å². The Morgan fingerprint density at radius 1 is 1.28 bits per heavy atom. The SMILES string of the molecule is COc1cccc(OC)c1C(O)c1ncc(Cl)s1. The van der Waals surface area contributed by atoms with Crippen LogP contribution in [0.5, 0.6) is 11.5 Å². The topological polar surface area (TPSA) is 51.6 Å². The lowest BCUT2D eigenvalue weighted by Gasteiger charge is -2.16. The number of aliphatic hydroxyl groups excluding tert-OH is 1. The van der Waals surface area contributed by atoms with E-state index in [1.807, 2.05) is 0 Å². The third kappa shape index (κ3) is 2.43. The Morgan fingerprint density at radius 2 is 1.89 bits per heavy atom. The van der Waals surface area contributed by atoms with Gasteiger partial charge in [0.15, 0.2) is 0 Å². The number of aliphatic hydroxyl groups is 1. The summed E-state index contributed by atoms with van der Waals surface area (Å²) in [5.74, 6) is 1.10. The Kier molecular flexibility index (Phi) is 4.06. The second kappa shape index (κ2) is 5.56. The number of halogens is 1. The predicted octanol–water partition coefficient (Wildman–Crippen LogP) is 2.90. The molecule has 6 heteroatoms. The highest BCUT2D eigenvalue weighted by Crippen LogP contribution is 2.38. The van der Waals surface area contributed by atoms with E-state index in [2.05, 4.69) is 4.98 Å². The maximum Gasteiger partial charge on any atom is 0.138 e. The fourth-order valence-electron chi connectivity index (χ4n) is 1.67. The molecule has 2 rings (SSSR count). The number of hydrogen-bond acceptors (Lipinski definition) is 5. The number of ether oxygens (including phenoxy) is 2. The molecule has 2 aromatic rings. The molecule has 0 aliphatic carbocycles. The van der Waals surface area contributed by atoms with Crippen LogP contribution in [0.1, 0.15) is 16.7 Å². The highest BCUT2D eigenvalue weighted by molar-refractivity contribution is 7.15. The second-order valence-corrected chi connectivity index (χ2v) is 5.17. The molecule has 0 aliphatic rings. The van der Waals surface area contributed by atoms with Gasteiger partial charge in [-0.25, -0.2) is 4.98 Å². The molecular formula is C12H12ClNO3S. The average molecular weight is 286 g/mol. The molecule has 1 aromatic carbocycles. The Hall–Kier alpha value is -1.30. The second-order valence-electron chi connectivity index (χ2n) is 3.48. The van der Waals surface area contributed by atoms with Gasteiger partial charge in [-0.15, -0.1) is 11.3 Å². The van der Waals surface area contributed by atoms with E-state index in [0.29, 0.717) is 26.4 Å². The van der Waals surface area contributed by atoms with E-state index in [4.69, 9.17) is 21.1 Å². The molecule has 1 N–H and O–H groups in total. The molecule has 0 saturated heterocycles. The average Bonchev–Trinajstić information content (AvgIpc) is 2.83. The van der Waals surface area contributed by atoms with Gasteiger partial charge in [0, 0.05) is 0 Å². The number of methoxy groups -OCH3 is 2. The molecule has 0 bridgehead atoms. The van der Waals surface area contributed by atoms with Crippen molar-refractivity contribution in [3.05, 3.63) is 39.3 Å². The van der Waals surface area contributed by atoms with E-state index in [9.17, 15) is 5.11 Å². The fourth-order valence-corrected chi connectivity index (χ4v) is 2.59. The van der Waals surface area contributed by atoms with Crippen molar-refractivity contribution in [2.45, 2.75) is 6.10 Å². The molecule has 1 heterocycles. The Balaban J connectivity index is 2.48. The smallest absolute Gasteiger partial charge is 0.138 e. The van der Waals surface area contributed by atoms with Gasteiger partial charge < -0.3 is 14.6 Å². The molecule has 0 radical (unpaired) electrons. The van der Waals surface area contributed by atoms with Crippen LogP contribution in [0.2, 0.25) is 4.34 Å². The van der Waals surface area contributed by atoms with Crippen LogP contribution < -0.4 is 9.47 Å². The molecule has 0 aliphatic heterocycles. The zero-order valence-corrected chi connectivity index (χ0v) is 11.5. The first-order valence-corrected chi connectivity index (χ1v) is 6.37. The first kappa shape index (κ1) is 13.1. The van der Waals surface area contributed by atoms with Crippen LogP contribution in [-0.4, -0.2) is 24.3 Å². The first-order valence-electron chi connectivity index (χ1n) is 5.17. The van der Waals surface area contributed by atoms with Crippen LogP contribution in [0.3, 0.4) is 0 Å². The van der Waals surface area contributed by atoms with Crippen molar-refractivity contribution in [3.8, 4) is 11.5 Å². The van der Waals surface area contributed by atoms with Gasteiger partial charge in [-0.1, -0.05) is 17.7 Å². The first-order chi connectivity index (χ1) is 8.67. The van der Waals surface area contributed by atoms with Gasteiger partial charge in [-0.2, -0.15) is 0 Å². The van der Waals surface area contributed by atoms with Crippen LogP contribution in [0.15, 0.2) is 24.4 Å². The number of thiazole rings is 1. The van der Waals surface area contributed by atoms with E-state index < -0.39 is 6.10 Å². The summed E-state index contributed by atoms with van der Waals surface area (Å²) < 4.78 is 11.0. The summed E-state index contributed by atoms with van der Waals surface area (Å²) in [6, 6.07) is 5.31. The van der Waals surface area contributed by atoms with Gasteiger partial charge in [0.05, 0.1) is 26.0 Å². The van der Waals surface area contributed by atoms with E-state index >= 15 is 0 Å². The largest absolute Gasteiger partial charge is 0.496 e. The van der Waals surface area contributed by atoms with Gasteiger partial charge in [-0.05, 0) is 12.1 Å². The highest BCUT2D eigenvalue weighted by atomic mass is 35.5. The molecule has 4 nitrogen and oxygen atoms in total. The van der Waals surface area contributed by atoms with E-state index in [0.717, 1.165) is 0 Å². The summed E-state index contributed by atoms with van der Waals surface area (Å²) in [5.41, 5.74) is 0.550. The number of benzene rings is 1. The van der Waals surface area contributed by atoms with Crippen LogP contribution in [0, 0.1) is 0 Å². The zero-order valence-electron chi connectivity index (χ0n) is 9.88. The van der Waals surface area contributed by atoms with Crippen LogP contribution in [0.4, 0.5) is 0 Å². The van der Waals surface area contributed by atoms with E-state index in [1.165, 1.54) is 17.5 Å². The minimum atomic E-state index is -0.923. The summed E-state index contributed by atoms with van der Waals surface area (Å²) in [5, 5.41) is 10.9. The summed E-state index contributed by atoms with van der Waals surface area (Å²) in [4.78, 5) is 4.07. The van der Waals surface area contributed by atoms with Gasteiger partial charge in [-0.3, -0.25) is 0 Å². The molecule has 1 aromatic heterocycles. The molecule has 0 fully saturated rings. The molecule has 0 amide bonds. The van der Waals surface area contributed by atoms with Crippen LogP contribution >= 0.6 is 22.9 Å². The van der Waals surface area contributed by atoms with Crippen molar-refractivity contribution in [1.82, 2.24) is 4.98 Å². The standard InChI is InChI=1S/C12H12ClNO3S/c1-16-7-4-3-5-8(17-2)10(7)11(15)12-14-6-9(13)18-12/h3-6,11,15H,1-2H3. The molecule has 18 heavy (non-hydrogen) atoms. The zero-order chi connectivity index (χ0) is 13.1. The maximum atomic E-state index is 10.4. The number of aromatic nitrogens is 1. The Bertz CT molecular complexity index is 522. The Morgan fingerprint density at radius 3 is 2.33 bits per heavy atom. The van der Waals surface area contributed by atoms with Crippen molar-refractivity contribution in [1.29, 1.82) is 0 Å². The van der Waals surface area contributed by atoms with E-state index in [1.54, 1.807) is 32.4 Å². The maximum absolute atomic E-state index is 10.4. The predicted molar refractivity (Wildman–Crippen MR) is 70.7 cm³/mol. The summed E-state index contributed by atoms with van der Waals surface area (Å²) in [6.07, 6.45) is 0.584. The van der Waals surface area contributed by atoms with Gasteiger partial charge in [0.25, 0.3) is 0 Å². The van der Waals surface area contributed by atoms with Crippen molar-refractivity contribution >= 4 is 22.9 Å². The minimum Gasteiger partial charge on any atom is -0.496 e. The van der Waals surface area contributed by atoms with Crippen LogP contribution in [-0.2, 0) is 0 Å². The Labute approximate surface area is 114 Å². The summed E-state index contributed by atoms with van der Waals surface area (Å²) >= 11 is 7.04. The highest BCUT2D eigenvalue weighted by Gasteiger charge is 2.22. The summed E-state index contributed by atoms with van der Waals surface area (Å²) in [7, 11) is 3.08. The van der Waals surface area contributed by atoms with E-state index in [-0.39, 0.29) is 0 Å². The van der Waals surface area contributed by atoms with Crippen molar-refractivity contribution in [2.24, 2.45) is 0 Å². The molecule has 1 atom stereocenters. The fraction of sp³-hybridized carbons (Fsp3) is 0.250. The molecule has 1 unspecified atom stereocenters. The molecule has 0 spiro atoms. The van der Waals surface area contributed by atoms with Crippen LogP contribution in [0.25, 0.3) is 0 Å². The monoisotopic (exact) mass is 285 g/mol. The third-order valence-corrected chi connectivity index (χ3v) is 3.64. The number of hydrogen-bond donors (Lipinski definition) is 1. The molecular weight excluding hydrogens is 274 g/mol. The quantitative estimate of drug-likeness (QED) is 0.938. The number of rotatable bonds is 4. The van der Waals surface area contributed by atoms with Gasteiger partial charge in [0.2, 0.25) is 0 Å². The van der Waals surface area contributed by atoms with Crippen molar-refractivity contribution in [2.75, 3.05) is 14.2 Å². The molecule has 0 saturated carbocycles. The minimum absolute atomic E-state index is 0.503.